The molecule has 0 radical (unpaired) electrons. The SMILES string of the molecule is CCC(CC)C(=O)NCCNC(=O)C(C)Oc1ccccc1C(C)C. The zero-order valence-electron chi connectivity index (χ0n) is 16.1. The van der Waals surface area contributed by atoms with Gasteiger partial charge in [-0.3, -0.25) is 9.59 Å². The Hall–Kier alpha value is -2.04. The van der Waals surface area contributed by atoms with E-state index in [9.17, 15) is 9.59 Å². The Kier molecular flexibility index (Phi) is 9.03. The van der Waals surface area contributed by atoms with Crippen molar-refractivity contribution >= 4 is 11.8 Å². The molecule has 1 aromatic carbocycles. The van der Waals surface area contributed by atoms with E-state index < -0.39 is 6.10 Å². The highest BCUT2D eigenvalue weighted by Gasteiger charge is 2.17. The normalized spacial score (nSPS) is 12.1. The van der Waals surface area contributed by atoms with Crippen LogP contribution in [-0.2, 0) is 9.59 Å². The highest BCUT2D eigenvalue weighted by molar-refractivity contribution is 5.81. The summed E-state index contributed by atoms with van der Waals surface area (Å²) in [7, 11) is 0. The first kappa shape index (κ1) is 21.0. The maximum Gasteiger partial charge on any atom is 0.260 e. The second-order valence-corrected chi connectivity index (χ2v) is 6.55. The molecule has 140 valence electrons. The quantitative estimate of drug-likeness (QED) is 0.638. The molecule has 0 heterocycles. The predicted molar refractivity (Wildman–Crippen MR) is 101 cm³/mol. The van der Waals surface area contributed by atoms with Crippen LogP contribution in [0.1, 0.15) is 58.9 Å². The minimum atomic E-state index is -0.588. The van der Waals surface area contributed by atoms with E-state index in [4.69, 9.17) is 4.74 Å². The highest BCUT2D eigenvalue weighted by Crippen LogP contribution is 2.26. The van der Waals surface area contributed by atoms with E-state index in [1.165, 1.54) is 0 Å². The fourth-order valence-corrected chi connectivity index (χ4v) is 2.63. The summed E-state index contributed by atoms with van der Waals surface area (Å²) in [6, 6.07) is 7.77. The van der Waals surface area contributed by atoms with Gasteiger partial charge in [0, 0.05) is 19.0 Å². The molecule has 0 aliphatic carbocycles. The lowest BCUT2D eigenvalue weighted by Crippen LogP contribution is -2.41. The first-order valence-corrected chi connectivity index (χ1v) is 9.21. The summed E-state index contributed by atoms with van der Waals surface area (Å²) in [5.41, 5.74) is 1.08. The van der Waals surface area contributed by atoms with Gasteiger partial charge in [0.2, 0.25) is 5.91 Å². The first-order chi connectivity index (χ1) is 11.9. The number of carbonyl (C=O) groups excluding carboxylic acids is 2. The maximum absolute atomic E-state index is 12.2. The smallest absolute Gasteiger partial charge is 0.260 e. The Bertz CT molecular complexity index is 554. The number of amides is 2. The predicted octanol–water partition coefficient (Wildman–Crippen LogP) is 3.25. The van der Waals surface area contributed by atoms with Gasteiger partial charge in [-0.05, 0) is 37.3 Å². The topological polar surface area (TPSA) is 67.4 Å². The van der Waals surface area contributed by atoms with Crippen LogP contribution in [0.3, 0.4) is 0 Å². The van der Waals surface area contributed by atoms with Crippen LogP contribution in [0.2, 0.25) is 0 Å². The number of hydrogen-bond acceptors (Lipinski definition) is 3. The van der Waals surface area contributed by atoms with Crippen LogP contribution >= 0.6 is 0 Å². The molecule has 5 heteroatoms. The van der Waals surface area contributed by atoms with Crippen molar-refractivity contribution in [2.45, 2.75) is 59.5 Å². The average molecular weight is 348 g/mol. The molecule has 25 heavy (non-hydrogen) atoms. The van der Waals surface area contributed by atoms with Crippen LogP contribution in [0.4, 0.5) is 0 Å². The molecule has 0 saturated heterocycles. The number of carbonyl (C=O) groups is 2. The number of nitrogens with one attached hydrogen (secondary N) is 2. The fraction of sp³-hybridized carbons (Fsp3) is 0.600. The zero-order valence-corrected chi connectivity index (χ0v) is 16.1. The van der Waals surface area contributed by atoms with Crippen molar-refractivity contribution < 1.29 is 14.3 Å². The van der Waals surface area contributed by atoms with E-state index in [0.29, 0.717) is 19.0 Å². The molecule has 5 nitrogen and oxygen atoms in total. The second kappa shape index (κ2) is 10.7. The molecule has 0 fully saturated rings. The molecule has 0 aliphatic heterocycles. The van der Waals surface area contributed by atoms with Crippen molar-refractivity contribution in [1.82, 2.24) is 10.6 Å². The number of hydrogen-bond donors (Lipinski definition) is 2. The summed E-state index contributed by atoms with van der Waals surface area (Å²) in [6.07, 6.45) is 1.07. The van der Waals surface area contributed by atoms with Gasteiger partial charge in [0.15, 0.2) is 6.10 Å². The molecule has 1 rings (SSSR count). The van der Waals surface area contributed by atoms with Crippen molar-refractivity contribution in [3.8, 4) is 5.75 Å². The standard InChI is InChI=1S/C20H32N2O3/c1-6-16(7-2)20(24)22-13-12-21-19(23)15(5)25-18-11-9-8-10-17(18)14(3)4/h8-11,14-16H,6-7,12-13H2,1-5H3,(H,21,23)(H,22,24). The molecule has 1 atom stereocenters. The molecular weight excluding hydrogens is 316 g/mol. The largest absolute Gasteiger partial charge is 0.481 e. The molecule has 0 aliphatic rings. The van der Waals surface area contributed by atoms with E-state index in [2.05, 4.69) is 24.5 Å². The van der Waals surface area contributed by atoms with E-state index in [-0.39, 0.29) is 17.7 Å². The van der Waals surface area contributed by atoms with Crippen molar-refractivity contribution in [3.05, 3.63) is 29.8 Å². The number of para-hydroxylation sites is 1. The summed E-state index contributed by atoms with van der Waals surface area (Å²) < 4.78 is 5.82. The molecule has 1 aromatic rings. The van der Waals surface area contributed by atoms with E-state index in [1.54, 1.807) is 6.92 Å². The fourth-order valence-electron chi connectivity index (χ4n) is 2.63. The third kappa shape index (κ3) is 6.77. The molecule has 1 unspecified atom stereocenters. The minimum Gasteiger partial charge on any atom is -0.481 e. The second-order valence-electron chi connectivity index (χ2n) is 6.55. The van der Waals surface area contributed by atoms with E-state index in [0.717, 1.165) is 24.2 Å². The van der Waals surface area contributed by atoms with Crippen LogP contribution in [0.15, 0.2) is 24.3 Å². The minimum absolute atomic E-state index is 0.0468. The summed E-state index contributed by atoms with van der Waals surface area (Å²) in [4.78, 5) is 24.0. The van der Waals surface area contributed by atoms with E-state index >= 15 is 0 Å². The average Bonchev–Trinajstić information content (AvgIpc) is 2.59. The summed E-state index contributed by atoms with van der Waals surface area (Å²) in [6.45, 7) is 10.7. The molecular formula is C20H32N2O3. The summed E-state index contributed by atoms with van der Waals surface area (Å²) in [5, 5.41) is 5.66. The van der Waals surface area contributed by atoms with Gasteiger partial charge in [-0.1, -0.05) is 45.9 Å². The Morgan fingerprint density at radius 1 is 0.960 bits per heavy atom. The Labute approximate surface area is 151 Å². The van der Waals surface area contributed by atoms with Gasteiger partial charge in [-0.15, -0.1) is 0 Å². The Morgan fingerprint density at radius 2 is 1.52 bits per heavy atom. The number of benzene rings is 1. The van der Waals surface area contributed by atoms with Crippen LogP contribution in [0.25, 0.3) is 0 Å². The third-order valence-corrected chi connectivity index (χ3v) is 4.29. The lowest BCUT2D eigenvalue weighted by molar-refractivity contribution is -0.128. The monoisotopic (exact) mass is 348 g/mol. The number of ether oxygens (including phenoxy) is 1. The maximum atomic E-state index is 12.2. The van der Waals surface area contributed by atoms with Gasteiger partial charge in [0.1, 0.15) is 5.75 Å². The van der Waals surface area contributed by atoms with Gasteiger partial charge in [-0.2, -0.15) is 0 Å². The molecule has 0 aromatic heterocycles. The highest BCUT2D eigenvalue weighted by atomic mass is 16.5. The Balaban J connectivity index is 2.42. The van der Waals surface area contributed by atoms with Gasteiger partial charge in [-0.25, -0.2) is 0 Å². The third-order valence-electron chi connectivity index (χ3n) is 4.29. The Morgan fingerprint density at radius 3 is 2.08 bits per heavy atom. The van der Waals surface area contributed by atoms with Gasteiger partial charge >= 0.3 is 0 Å². The van der Waals surface area contributed by atoms with Gasteiger partial charge in [0.25, 0.3) is 5.91 Å². The molecule has 0 bridgehead atoms. The van der Waals surface area contributed by atoms with Gasteiger partial charge in [0.05, 0.1) is 0 Å². The molecule has 0 spiro atoms. The molecule has 0 saturated carbocycles. The molecule has 2 amide bonds. The van der Waals surface area contributed by atoms with Crippen molar-refractivity contribution in [2.75, 3.05) is 13.1 Å². The lowest BCUT2D eigenvalue weighted by Gasteiger charge is -2.19. The summed E-state index contributed by atoms with van der Waals surface area (Å²) >= 11 is 0. The van der Waals surface area contributed by atoms with Crippen LogP contribution < -0.4 is 15.4 Å². The summed E-state index contributed by atoms with van der Waals surface area (Å²) in [5.74, 6) is 0.976. The van der Waals surface area contributed by atoms with Crippen molar-refractivity contribution in [2.24, 2.45) is 5.92 Å². The van der Waals surface area contributed by atoms with Crippen molar-refractivity contribution in [1.29, 1.82) is 0 Å². The lowest BCUT2D eigenvalue weighted by atomic mass is 10.0. The van der Waals surface area contributed by atoms with Gasteiger partial charge < -0.3 is 15.4 Å². The number of rotatable bonds is 10. The van der Waals surface area contributed by atoms with Crippen LogP contribution in [0, 0.1) is 5.92 Å². The molecule has 2 N–H and O–H groups in total. The van der Waals surface area contributed by atoms with E-state index in [1.807, 2.05) is 38.1 Å². The van der Waals surface area contributed by atoms with Crippen molar-refractivity contribution in [3.63, 3.8) is 0 Å². The first-order valence-electron chi connectivity index (χ1n) is 9.21. The van der Waals surface area contributed by atoms with Crippen LogP contribution in [-0.4, -0.2) is 31.0 Å². The van der Waals surface area contributed by atoms with Crippen LogP contribution in [0.5, 0.6) is 5.75 Å². The zero-order chi connectivity index (χ0) is 18.8.